The number of hydrogen-bond donors (Lipinski definition) is 3. The highest BCUT2D eigenvalue weighted by atomic mass is 16.2. The van der Waals surface area contributed by atoms with Crippen LogP contribution >= 0.6 is 0 Å². The summed E-state index contributed by atoms with van der Waals surface area (Å²) >= 11 is 0. The maximum atomic E-state index is 11.3. The molecule has 0 aliphatic carbocycles. The van der Waals surface area contributed by atoms with E-state index in [0.717, 1.165) is 30.3 Å². The summed E-state index contributed by atoms with van der Waals surface area (Å²) in [6, 6.07) is 1.75. The van der Waals surface area contributed by atoms with E-state index in [1.807, 2.05) is 13.1 Å². The molecule has 1 aromatic heterocycles. The number of hydrogen-bond acceptors (Lipinski definition) is 5. The van der Waals surface area contributed by atoms with Crippen molar-refractivity contribution in [3.05, 3.63) is 11.9 Å². The lowest BCUT2D eigenvalue weighted by molar-refractivity contribution is 0.218. The number of urea groups is 1. The highest BCUT2D eigenvalue weighted by Crippen LogP contribution is 2.11. The Kier molecular flexibility index (Phi) is 6.55. The number of anilines is 2. The van der Waals surface area contributed by atoms with Crippen LogP contribution in [0.5, 0.6) is 0 Å². The van der Waals surface area contributed by atoms with Crippen molar-refractivity contribution in [1.82, 2.24) is 20.2 Å². The fourth-order valence-electron chi connectivity index (χ4n) is 1.57. The third-order valence-corrected chi connectivity index (χ3v) is 2.62. The Bertz CT molecular complexity index is 435. The number of amides is 2. The van der Waals surface area contributed by atoms with Gasteiger partial charge in [0.1, 0.15) is 17.5 Å². The lowest BCUT2D eigenvalue weighted by Crippen LogP contribution is -2.37. The molecule has 0 spiro atoms. The summed E-state index contributed by atoms with van der Waals surface area (Å²) in [6.07, 6.45) is 1.85. The second-order valence-corrected chi connectivity index (χ2v) is 4.61. The van der Waals surface area contributed by atoms with E-state index in [-0.39, 0.29) is 6.03 Å². The molecule has 112 valence electrons. The first-order chi connectivity index (χ1) is 9.56. The Labute approximate surface area is 120 Å². The van der Waals surface area contributed by atoms with E-state index in [9.17, 15) is 4.79 Å². The second-order valence-electron chi connectivity index (χ2n) is 4.61. The summed E-state index contributed by atoms with van der Waals surface area (Å²) in [5.41, 5.74) is 0. The molecule has 0 aliphatic rings. The van der Waals surface area contributed by atoms with Gasteiger partial charge in [-0.1, -0.05) is 6.92 Å². The van der Waals surface area contributed by atoms with Crippen molar-refractivity contribution in [2.75, 3.05) is 44.9 Å². The van der Waals surface area contributed by atoms with Crippen LogP contribution < -0.4 is 16.0 Å². The highest BCUT2D eigenvalue weighted by molar-refractivity contribution is 5.73. The molecule has 0 saturated heterocycles. The Morgan fingerprint density at radius 3 is 2.55 bits per heavy atom. The third-order valence-electron chi connectivity index (χ3n) is 2.62. The molecule has 0 unspecified atom stereocenters. The lowest BCUT2D eigenvalue weighted by atomic mass is 10.3. The first-order valence-electron chi connectivity index (χ1n) is 6.81. The van der Waals surface area contributed by atoms with Gasteiger partial charge in [-0.25, -0.2) is 14.8 Å². The molecule has 0 bridgehead atoms. The maximum absolute atomic E-state index is 11.3. The van der Waals surface area contributed by atoms with Crippen molar-refractivity contribution in [2.24, 2.45) is 0 Å². The number of nitrogens with one attached hydrogen (secondary N) is 3. The third kappa shape index (κ3) is 5.29. The second kappa shape index (κ2) is 8.19. The van der Waals surface area contributed by atoms with Crippen molar-refractivity contribution in [3.63, 3.8) is 0 Å². The summed E-state index contributed by atoms with van der Waals surface area (Å²) in [7, 11) is 5.26. The molecule has 2 amide bonds. The number of nitrogens with zero attached hydrogens (tertiary/aromatic N) is 3. The largest absolute Gasteiger partial charge is 0.373 e. The Morgan fingerprint density at radius 1 is 1.25 bits per heavy atom. The van der Waals surface area contributed by atoms with Gasteiger partial charge in [0.2, 0.25) is 0 Å². The van der Waals surface area contributed by atoms with Crippen LogP contribution in [0.2, 0.25) is 0 Å². The van der Waals surface area contributed by atoms with Gasteiger partial charge in [0.25, 0.3) is 0 Å². The lowest BCUT2D eigenvalue weighted by Gasteiger charge is -2.13. The minimum Gasteiger partial charge on any atom is -0.373 e. The Hall–Kier alpha value is -2.05. The van der Waals surface area contributed by atoms with Gasteiger partial charge in [-0.3, -0.25) is 0 Å². The number of aryl methyl sites for hydroxylation is 1. The van der Waals surface area contributed by atoms with E-state index in [4.69, 9.17) is 0 Å². The molecule has 7 heteroatoms. The highest BCUT2D eigenvalue weighted by Gasteiger charge is 2.04. The van der Waals surface area contributed by atoms with Crippen LogP contribution in [-0.4, -0.2) is 55.1 Å². The van der Waals surface area contributed by atoms with Gasteiger partial charge in [0.05, 0.1) is 0 Å². The van der Waals surface area contributed by atoms with Crippen LogP contribution in [0.4, 0.5) is 16.4 Å². The van der Waals surface area contributed by atoms with E-state index in [1.165, 1.54) is 4.90 Å². The van der Waals surface area contributed by atoms with Gasteiger partial charge in [0, 0.05) is 46.7 Å². The molecule has 7 nitrogen and oxygen atoms in total. The van der Waals surface area contributed by atoms with Crippen LogP contribution in [-0.2, 0) is 6.42 Å². The van der Waals surface area contributed by atoms with Gasteiger partial charge in [-0.15, -0.1) is 0 Å². The smallest absolute Gasteiger partial charge is 0.316 e. The zero-order valence-corrected chi connectivity index (χ0v) is 12.7. The molecule has 0 aromatic carbocycles. The van der Waals surface area contributed by atoms with Gasteiger partial charge in [0.15, 0.2) is 0 Å². The van der Waals surface area contributed by atoms with E-state index in [0.29, 0.717) is 13.1 Å². The number of aromatic nitrogens is 2. The standard InChI is InChI=1S/C13H24N6O/c1-5-6-10-17-11(14-2)9-12(18-10)15-7-8-16-13(20)19(3)4/h9H,5-8H2,1-4H3,(H,16,20)(H2,14,15,17,18). The molecule has 1 aromatic rings. The molecular weight excluding hydrogens is 256 g/mol. The van der Waals surface area contributed by atoms with Crippen molar-refractivity contribution in [3.8, 4) is 0 Å². The van der Waals surface area contributed by atoms with E-state index in [2.05, 4.69) is 32.8 Å². The van der Waals surface area contributed by atoms with Gasteiger partial charge >= 0.3 is 6.03 Å². The van der Waals surface area contributed by atoms with E-state index < -0.39 is 0 Å². The number of rotatable bonds is 7. The first kappa shape index (κ1) is 16.0. The molecular formula is C13H24N6O. The Morgan fingerprint density at radius 2 is 1.95 bits per heavy atom. The van der Waals surface area contributed by atoms with Crippen LogP contribution in [0.1, 0.15) is 19.2 Å². The predicted octanol–water partition coefficient (Wildman–Crippen LogP) is 1.15. The first-order valence-corrected chi connectivity index (χ1v) is 6.81. The van der Waals surface area contributed by atoms with E-state index >= 15 is 0 Å². The van der Waals surface area contributed by atoms with Crippen LogP contribution in [0.25, 0.3) is 0 Å². The predicted molar refractivity (Wildman–Crippen MR) is 81.1 cm³/mol. The van der Waals surface area contributed by atoms with Crippen LogP contribution in [0.15, 0.2) is 6.07 Å². The SMILES string of the molecule is CCCc1nc(NC)cc(NCCNC(=O)N(C)C)n1. The normalized spacial score (nSPS) is 10.0. The molecule has 1 heterocycles. The van der Waals surface area contributed by atoms with E-state index in [1.54, 1.807) is 14.1 Å². The quantitative estimate of drug-likeness (QED) is 0.653. The molecule has 0 atom stereocenters. The van der Waals surface area contributed by atoms with Gasteiger partial charge < -0.3 is 20.9 Å². The zero-order chi connectivity index (χ0) is 15.0. The molecule has 0 radical (unpaired) electrons. The fraction of sp³-hybridized carbons (Fsp3) is 0.615. The summed E-state index contributed by atoms with van der Waals surface area (Å²) in [4.78, 5) is 21.7. The molecule has 3 N–H and O–H groups in total. The monoisotopic (exact) mass is 280 g/mol. The topological polar surface area (TPSA) is 82.2 Å². The fourth-order valence-corrected chi connectivity index (χ4v) is 1.57. The average Bonchev–Trinajstić information content (AvgIpc) is 2.43. The van der Waals surface area contributed by atoms with Crippen molar-refractivity contribution in [2.45, 2.75) is 19.8 Å². The van der Waals surface area contributed by atoms with Gasteiger partial charge in [-0.2, -0.15) is 0 Å². The minimum absolute atomic E-state index is 0.0999. The molecule has 20 heavy (non-hydrogen) atoms. The average molecular weight is 280 g/mol. The van der Waals surface area contributed by atoms with Crippen molar-refractivity contribution >= 4 is 17.7 Å². The van der Waals surface area contributed by atoms with Gasteiger partial charge in [-0.05, 0) is 6.42 Å². The maximum Gasteiger partial charge on any atom is 0.316 e. The summed E-state index contributed by atoms with van der Waals surface area (Å²) < 4.78 is 0. The molecule has 0 aliphatic heterocycles. The summed E-state index contributed by atoms with van der Waals surface area (Å²) in [6.45, 7) is 3.25. The molecule has 0 fully saturated rings. The van der Waals surface area contributed by atoms with Crippen molar-refractivity contribution in [1.29, 1.82) is 0 Å². The molecule has 0 saturated carbocycles. The van der Waals surface area contributed by atoms with Crippen LogP contribution in [0.3, 0.4) is 0 Å². The zero-order valence-electron chi connectivity index (χ0n) is 12.7. The Balaban J connectivity index is 2.50. The van der Waals surface area contributed by atoms with Crippen molar-refractivity contribution < 1.29 is 4.79 Å². The number of carbonyl (C=O) groups is 1. The summed E-state index contributed by atoms with van der Waals surface area (Å²) in [5, 5.41) is 9.00. The summed E-state index contributed by atoms with van der Waals surface area (Å²) in [5.74, 6) is 2.38. The molecule has 1 rings (SSSR count). The minimum atomic E-state index is -0.0999. The van der Waals surface area contributed by atoms with Crippen LogP contribution in [0, 0.1) is 0 Å². The number of carbonyl (C=O) groups excluding carboxylic acids is 1.